The first-order chi connectivity index (χ1) is 3.91. The van der Waals surface area contributed by atoms with Crippen LogP contribution in [0.1, 0.15) is 32.6 Å². The average molecular weight is 247 g/mol. The van der Waals surface area contributed by atoms with Gasteiger partial charge in [-0.2, -0.15) is 0 Å². The summed E-state index contributed by atoms with van der Waals surface area (Å²) in [4.78, 5) is 0. The van der Waals surface area contributed by atoms with Crippen molar-refractivity contribution in [3.05, 3.63) is 0 Å². The molecule has 0 spiro atoms. The molecule has 0 aromatic carbocycles. The van der Waals surface area contributed by atoms with Crippen LogP contribution < -0.4 is 0 Å². The molecule has 0 nitrogen and oxygen atoms in total. The third-order valence-electron chi connectivity index (χ3n) is 1.46. The Morgan fingerprint density at radius 2 is 1.78 bits per heavy atom. The van der Waals surface area contributed by atoms with E-state index in [2.05, 4.69) is 12.4 Å². The molecular formula is C7H17BrZn. The van der Waals surface area contributed by atoms with Crippen LogP contribution in [0.15, 0.2) is 0 Å². The molecule has 0 fully saturated rings. The first-order valence-corrected chi connectivity index (χ1v) is 8.98. The van der Waals surface area contributed by atoms with Crippen LogP contribution in [-0.4, -0.2) is 0 Å². The van der Waals surface area contributed by atoms with Gasteiger partial charge >= 0.3 is 60.3 Å². The second-order valence-corrected chi connectivity index (χ2v) is 6.00. The van der Waals surface area contributed by atoms with E-state index in [0.717, 1.165) is 0 Å². The van der Waals surface area contributed by atoms with E-state index in [1.165, 1.54) is 25.7 Å². The molecule has 0 rings (SSSR count). The number of halogens is 1. The van der Waals surface area contributed by atoms with Gasteiger partial charge in [-0.05, 0) is 0 Å². The summed E-state index contributed by atoms with van der Waals surface area (Å²) in [5.74, 6) is 0. The molecule has 0 heterocycles. The SMILES string of the molecule is Br.CCCCC[CH2][Zn][CH3]. The molecule has 0 aliphatic rings. The van der Waals surface area contributed by atoms with Crippen LogP contribution in [0.25, 0.3) is 0 Å². The van der Waals surface area contributed by atoms with Crippen LogP contribution in [0, 0.1) is 0 Å². The quantitative estimate of drug-likeness (QED) is 0.513. The van der Waals surface area contributed by atoms with Crippen LogP contribution in [0.2, 0.25) is 10.5 Å². The van der Waals surface area contributed by atoms with Gasteiger partial charge in [0.05, 0.1) is 0 Å². The first kappa shape index (κ1) is 12.8. The van der Waals surface area contributed by atoms with Gasteiger partial charge in [0, 0.05) is 0 Å². The molecule has 0 unspecified atom stereocenters. The summed E-state index contributed by atoms with van der Waals surface area (Å²) in [6.45, 7) is 2.27. The Hall–Kier alpha value is 1.10. The van der Waals surface area contributed by atoms with Gasteiger partial charge in [-0.15, -0.1) is 17.0 Å². The summed E-state index contributed by atoms with van der Waals surface area (Å²) < 4.78 is 0. The first-order valence-electron chi connectivity index (χ1n) is 3.91. The Morgan fingerprint density at radius 3 is 2.22 bits per heavy atom. The number of unbranched alkanes of at least 4 members (excludes halogenated alkanes) is 3. The minimum atomic E-state index is 0. The molecule has 2 heteroatoms. The molecule has 0 amide bonds. The standard InChI is InChI=1S/C6H13.CH3.BrH.Zn/c1-3-5-6-4-2;;;/h1,3-6H2,2H3;1H3;1H;. The minimum absolute atomic E-state index is 0. The van der Waals surface area contributed by atoms with Gasteiger partial charge in [-0.1, -0.05) is 0 Å². The van der Waals surface area contributed by atoms with Crippen molar-refractivity contribution in [2.24, 2.45) is 0 Å². The van der Waals surface area contributed by atoms with Gasteiger partial charge in [0.15, 0.2) is 0 Å². The molecule has 0 aromatic heterocycles. The summed E-state index contributed by atoms with van der Waals surface area (Å²) in [5, 5.41) is 1.62. The Labute approximate surface area is 77.2 Å². The van der Waals surface area contributed by atoms with Crippen LogP contribution >= 0.6 is 17.0 Å². The summed E-state index contributed by atoms with van der Waals surface area (Å²) >= 11 is 0.0434. The zero-order valence-corrected chi connectivity index (χ0v) is 11.3. The second kappa shape index (κ2) is 11.8. The van der Waals surface area contributed by atoms with Crippen LogP contribution in [0.3, 0.4) is 0 Å². The van der Waals surface area contributed by atoms with Crippen molar-refractivity contribution >= 4 is 17.0 Å². The van der Waals surface area contributed by atoms with Gasteiger partial charge in [-0.25, -0.2) is 0 Å². The maximum atomic E-state index is 2.44. The van der Waals surface area contributed by atoms with Gasteiger partial charge in [-0.3, -0.25) is 0 Å². The van der Waals surface area contributed by atoms with Crippen LogP contribution in [-0.2, 0) is 17.1 Å². The summed E-state index contributed by atoms with van der Waals surface area (Å²) in [6, 6.07) is 0. The predicted octanol–water partition coefficient (Wildman–Crippen LogP) is 3.69. The number of hydrogen-bond donors (Lipinski definition) is 0. The van der Waals surface area contributed by atoms with Gasteiger partial charge in [0.1, 0.15) is 0 Å². The van der Waals surface area contributed by atoms with E-state index < -0.39 is 0 Å². The Bertz CT molecular complexity index is 33.9. The van der Waals surface area contributed by atoms with E-state index >= 15 is 0 Å². The molecule has 0 bridgehead atoms. The molecule has 0 aliphatic heterocycles. The maximum absolute atomic E-state index is 2.44. The fourth-order valence-electron chi connectivity index (χ4n) is 0.854. The molecule has 0 N–H and O–H groups in total. The van der Waals surface area contributed by atoms with Crippen molar-refractivity contribution in [1.82, 2.24) is 0 Å². The molecule has 0 saturated heterocycles. The molecule has 0 aliphatic carbocycles. The van der Waals surface area contributed by atoms with Gasteiger partial charge in [0.25, 0.3) is 0 Å². The normalized spacial score (nSPS) is 7.78. The number of hydrogen-bond acceptors (Lipinski definition) is 0. The average Bonchev–Trinajstić information content (AvgIpc) is 1.81. The molecular weight excluding hydrogens is 229 g/mol. The van der Waals surface area contributed by atoms with Crippen molar-refractivity contribution in [3.8, 4) is 0 Å². The Kier molecular flexibility index (Phi) is 16.8. The van der Waals surface area contributed by atoms with E-state index in [0.29, 0.717) is 0 Å². The summed E-state index contributed by atoms with van der Waals surface area (Å²) in [6.07, 6.45) is 5.87. The zero-order chi connectivity index (χ0) is 6.24. The predicted molar refractivity (Wildman–Crippen MR) is 45.1 cm³/mol. The van der Waals surface area contributed by atoms with Crippen LogP contribution in [0.5, 0.6) is 0 Å². The monoisotopic (exact) mass is 244 g/mol. The molecule has 0 radical (unpaired) electrons. The van der Waals surface area contributed by atoms with Crippen molar-refractivity contribution in [3.63, 3.8) is 0 Å². The third kappa shape index (κ3) is 12.3. The Morgan fingerprint density at radius 1 is 1.11 bits per heavy atom. The van der Waals surface area contributed by atoms with Gasteiger partial charge in [0.2, 0.25) is 0 Å². The zero-order valence-electron chi connectivity index (χ0n) is 6.65. The van der Waals surface area contributed by atoms with Crippen molar-refractivity contribution < 1.29 is 17.1 Å². The van der Waals surface area contributed by atoms with Crippen molar-refractivity contribution in [2.45, 2.75) is 43.1 Å². The van der Waals surface area contributed by atoms with Crippen molar-refractivity contribution in [2.75, 3.05) is 0 Å². The third-order valence-corrected chi connectivity index (χ3v) is 3.99. The van der Waals surface area contributed by atoms with E-state index in [4.69, 9.17) is 0 Å². The molecule has 0 atom stereocenters. The molecule has 0 saturated carbocycles. The van der Waals surface area contributed by atoms with E-state index in [1.54, 1.807) is 5.02 Å². The van der Waals surface area contributed by atoms with E-state index in [9.17, 15) is 0 Å². The number of rotatable bonds is 5. The van der Waals surface area contributed by atoms with E-state index in [-0.39, 0.29) is 34.1 Å². The molecule has 0 aromatic rings. The summed E-state index contributed by atoms with van der Waals surface area (Å²) in [5.41, 5.74) is 2.44. The van der Waals surface area contributed by atoms with Gasteiger partial charge < -0.3 is 0 Å². The fourth-order valence-corrected chi connectivity index (χ4v) is 2.64. The Balaban J connectivity index is 0. The van der Waals surface area contributed by atoms with Crippen LogP contribution in [0.4, 0.5) is 0 Å². The topological polar surface area (TPSA) is 0 Å². The second-order valence-electron chi connectivity index (χ2n) is 2.41. The van der Waals surface area contributed by atoms with Crippen molar-refractivity contribution in [1.29, 1.82) is 0 Å². The van der Waals surface area contributed by atoms with E-state index in [1.807, 2.05) is 0 Å². The molecule has 54 valence electrons. The fraction of sp³-hybridized carbons (Fsp3) is 1.00. The summed E-state index contributed by atoms with van der Waals surface area (Å²) in [7, 11) is 0. The molecule has 9 heavy (non-hydrogen) atoms.